The molecule has 4 nitrogen and oxygen atoms in total. The molecule has 0 bridgehead atoms. The molecule has 1 amide bonds. The molecule has 2 aromatic carbocycles. The number of carbonyl (C=O) groups is 1. The Kier molecular flexibility index (Phi) is 4.52. The molecule has 3 rings (SSSR count). The van der Waals surface area contributed by atoms with Gasteiger partial charge in [0.05, 0.1) is 0 Å². The van der Waals surface area contributed by atoms with Gasteiger partial charge >= 0.3 is 0 Å². The molecule has 0 aliphatic heterocycles. The summed E-state index contributed by atoms with van der Waals surface area (Å²) in [4.78, 5) is 27.5. The second-order valence-corrected chi connectivity index (χ2v) is 6.31. The highest BCUT2D eigenvalue weighted by atomic mass is 16.2. The van der Waals surface area contributed by atoms with Crippen molar-refractivity contribution >= 4 is 11.6 Å². The van der Waals surface area contributed by atoms with Gasteiger partial charge in [0.15, 0.2) is 0 Å². The maximum Gasteiger partial charge on any atom is 0.261 e. The highest BCUT2D eigenvalue weighted by molar-refractivity contribution is 6.04. The van der Waals surface area contributed by atoms with Crippen molar-refractivity contribution in [2.75, 3.05) is 5.32 Å². The van der Waals surface area contributed by atoms with Crippen LogP contribution in [0.5, 0.6) is 0 Å². The molecule has 1 aromatic heterocycles. The molecule has 0 atom stereocenters. The van der Waals surface area contributed by atoms with Gasteiger partial charge in [0.2, 0.25) is 0 Å². The average Bonchev–Trinajstić information content (AvgIpc) is 2.54. The number of anilines is 1. The Hall–Kier alpha value is -3.14. The molecule has 2 N–H and O–H groups in total. The average molecular weight is 332 g/mol. The molecule has 0 saturated carbocycles. The summed E-state index contributed by atoms with van der Waals surface area (Å²) in [5.41, 5.74) is 5.23. The summed E-state index contributed by atoms with van der Waals surface area (Å²) in [5.74, 6) is -0.415. The zero-order valence-electron chi connectivity index (χ0n) is 14.5. The zero-order valence-corrected chi connectivity index (χ0v) is 14.5. The maximum atomic E-state index is 12.4. The van der Waals surface area contributed by atoms with Crippen LogP contribution in [0.15, 0.2) is 59.4 Å². The van der Waals surface area contributed by atoms with Gasteiger partial charge in [-0.3, -0.25) is 9.59 Å². The first-order valence-electron chi connectivity index (χ1n) is 8.12. The van der Waals surface area contributed by atoms with Crippen molar-refractivity contribution in [3.8, 4) is 11.3 Å². The van der Waals surface area contributed by atoms with E-state index in [1.165, 1.54) is 0 Å². The van der Waals surface area contributed by atoms with E-state index < -0.39 is 11.5 Å². The normalized spacial score (nSPS) is 10.5. The molecule has 0 aliphatic rings. The van der Waals surface area contributed by atoms with E-state index in [9.17, 15) is 9.59 Å². The van der Waals surface area contributed by atoms with Crippen molar-refractivity contribution in [1.29, 1.82) is 0 Å². The third-order valence-corrected chi connectivity index (χ3v) is 4.00. The number of aryl methyl sites for hydroxylation is 3. The number of benzene rings is 2. The summed E-state index contributed by atoms with van der Waals surface area (Å²) >= 11 is 0. The van der Waals surface area contributed by atoms with Gasteiger partial charge in [-0.25, -0.2) is 0 Å². The van der Waals surface area contributed by atoms with Crippen molar-refractivity contribution in [2.24, 2.45) is 0 Å². The minimum atomic E-state index is -0.415. The van der Waals surface area contributed by atoms with Gasteiger partial charge in [-0.05, 0) is 61.7 Å². The molecule has 0 spiro atoms. The van der Waals surface area contributed by atoms with E-state index in [0.29, 0.717) is 11.4 Å². The molecular weight excluding hydrogens is 312 g/mol. The Morgan fingerprint density at radius 3 is 2.08 bits per heavy atom. The number of rotatable bonds is 3. The van der Waals surface area contributed by atoms with Crippen LogP contribution < -0.4 is 10.9 Å². The van der Waals surface area contributed by atoms with E-state index in [2.05, 4.69) is 10.3 Å². The van der Waals surface area contributed by atoms with E-state index in [1.54, 1.807) is 12.1 Å². The third kappa shape index (κ3) is 3.86. The van der Waals surface area contributed by atoms with E-state index in [0.717, 1.165) is 22.3 Å². The smallest absolute Gasteiger partial charge is 0.261 e. The fourth-order valence-electron chi connectivity index (χ4n) is 2.80. The Balaban J connectivity index is 1.86. The highest BCUT2D eigenvalue weighted by Crippen LogP contribution is 2.17. The molecule has 0 aliphatic carbocycles. The third-order valence-electron chi connectivity index (χ3n) is 4.00. The van der Waals surface area contributed by atoms with Crippen LogP contribution in [-0.2, 0) is 0 Å². The summed E-state index contributed by atoms with van der Waals surface area (Å²) in [6, 6.07) is 16.9. The molecule has 0 unspecified atom stereocenters. The molecule has 126 valence electrons. The second kappa shape index (κ2) is 6.77. The van der Waals surface area contributed by atoms with Gasteiger partial charge in [0.25, 0.3) is 11.5 Å². The van der Waals surface area contributed by atoms with Crippen molar-refractivity contribution in [3.05, 3.63) is 87.2 Å². The van der Waals surface area contributed by atoms with Crippen LogP contribution in [0.3, 0.4) is 0 Å². The van der Waals surface area contributed by atoms with Gasteiger partial charge in [-0.15, -0.1) is 0 Å². The predicted molar refractivity (Wildman–Crippen MR) is 101 cm³/mol. The Labute approximate surface area is 146 Å². The maximum absolute atomic E-state index is 12.4. The fourth-order valence-corrected chi connectivity index (χ4v) is 2.80. The highest BCUT2D eigenvalue weighted by Gasteiger charge is 2.12. The summed E-state index contributed by atoms with van der Waals surface area (Å²) < 4.78 is 0. The molecule has 25 heavy (non-hydrogen) atoms. The topological polar surface area (TPSA) is 62.0 Å². The minimum absolute atomic E-state index is 0.0926. The lowest BCUT2D eigenvalue weighted by atomic mass is 10.1. The molecule has 1 heterocycles. The standard InChI is InChI=1S/C21H20N2O2/c1-13-4-6-16(7-5-13)19-9-8-18(21(25)23-19)20(24)22-17-11-14(2)10-15(3)12-17/h4-12H,1-3H3,(H,22,24)(H,23,25). The number of amides is 1. The van der Waals surface area contributed by atoms with Crippen LogP contribution in [0.1, 0.15) is 27.0 Å². The van der Waals surface area contributed by atoms with Crippen molar-refractivity contribution in [3.63, 3.8) is 0 Å². The number of pyridine rings is 1. The lowest BCUT2D eigenvalue weighted by Crippen LogP contribution is -2.23. The van der Waals surface area contributed by atoms with Crippen molar-refractivity contribution in [2.45, 2.75) is 20.8 Å². The Bertz CT molecular complexity index is 965. The van der Waals surface area contributed by atoms with Crippen LogP contribution in [0.25, 0.3) is 11.3 Å². The van der Waals surface area contributed by atoms with E-state index in [-0.39, 0.29) is 5.56 Å². The zero-order chi connectivity index (χ0) is 18.0. The first kappa shape index (κ1) is 16.7. The lowest BCUT2D eigenvalue weighted by molar-refractivity contribution is 0.102. The summed E-state index contributed by atoms with van der Waals surface area (Å²) in [6.45, 7) is 5.94. The fraction of sp³-hybridized carbons (Fsp3) is 0.143. The first-order valence-corrected chi connectivity index (χ1v) is 8.12. The first-order chi connectivity index (χ1) is 11.9. The number of carbonyl (C=O) groups excluding carboxylic acids is 1. The predicted octanol–water partition coefficient (Wildman–Crippen LogP) is 4.22. The largest absolute Gasteiger partial charge is 0.322 e. The Morgan fingerprint density at radius 1 is 0.840 bits per heavy atom. The van der Waals surface area contributed by atoms with Gasteiger partial charge in [-0.2, -0.15) is 0 Å². The number of hydrogen-bond donors (Lipinski definition) is 2. The molecule has 0 radical (unpaired) electrons. The number of hydrogen-bond acceptors (Lipinski definition) is 2. The summed E-state index contributed by atoms with van der Waals surface area (Å²) in [7, 11) is 0. The summed E-state index contributed by atoms with van der Waals surface area (Å²) in [5, 5.41) is 2.79. The number of nitrogens with one attached hydrogen (secondary N) is 2. The molecule has 3 aromatic rings. The van der Waals surface area contributed by atoms with Crippen LogP contribution in [0.4, 0.5) is 5.69 Å². The molecule has 0 saturated heterocycles. The van der Waals surface area contributed by atoms with Crippen LogP contribution in [0, 0.1) is 20.8 Å². The molecule has 4 heteroatoms. The molecule has 0 fully saturated rings. The minimum Gasteiger partial charge on any atom is -0.322 e. The van der Waals surface area contributed by atoms with Gasteiger partial charge in [0, 0.05) is 11.4 Å². The lowest BCUT2D eigenvalue weighted by Gasteiger charge is -2.08. The van der Waals surface area contributed by atoms with Gasteiger partial charge in [0.1, 0.15) is 5.56 Å². The Morgan fingerprint density at radius 2 is 1.48 bits per heavy atom. The summed E-state index contributed by atoms with van der Waals surface area (Å²) in [6.07, 6.45) is 0. The quantitative estimate of drug-likeness (QED) is 0.754. The van der Waals surface area contributed by atoms with E-state index in [1.807, 2.05) is 63.2 Å². The molecular formula is C21H20N2O2. The van der Waals surface area contributed by atoms with Gasteiger partial charge < -0.3 is 10.3 Å². The van der Waals surface area contributed by atoms with Gasteiger partial charge in [-0.1, -0.05) is 35.9 Å². The van der Waals surface area contributed by atoms with Crippen LogP contribution in [-0.4, -0.2) is 10.9 Å². The van der Waals surface area contributed by atoms with E-state index >= 15 is 0 Å². The number of aromatic nitrogens is 1. The van der Waals surface area contributed by atoms with Crippen LogP contribution in [0.2, 0.25) is 0 Å². The SMILES string of the molecule is Cc1ccc(-c2ccc(C(=O)Nc3cc(C)cc(C)c3)c(=O)[nH]2)cc1. The monoisotopic (exact) mass is 332 g/mol. The van der Waals surface area contributed by atoms with Crippen LogP contribution >= 0.6 is 0 Å². The number of aromatic amines is 1. The van der Waals surface area contributed by atoms with Crippen molar-refractivity contribution in [1.82, 2.24) is 4.98 Å². The second-order valence-electron chi connectivity index (χ2n) is 6.31. The number of H-pyrrole nitrogens is 1. The van der Waals surface area contributed by atoms with E-state index in [4.69, 9.17) is 0 Å². The van der Waals surface area contributed by atoms with Crippen molar-refractivity contribution < 1.29 is 4.79 Å².